The van der Waals surface area contributed by atoms with E-state index in [0.29, 0.717) is 5.52 Å². The highest BCUT2D eigenvalue weighted by Crippen LogP contribution is 2.27. The molecule has 2 heterocycles. The van der Waals surface area contributed by atoms with Gasteiger partial charge in [-0.15, -0.1) is 0 Å². The standard InChI is InChI=1S/C25H18FN3O3S/c26-18-11-5-7-13-20(18)29-24(31)23-22(17-10-4-6-12-19(17)27-23)28-25(29)33-15-21(30)32-14-16-8-2-1-3-9-16/h1-13,27H,14-15H2. The number of hydrogen-bond donors (Lipinski definition) is 1. The minimum atomic E-state index is -0.564. The third kappa shape index (κ3) is 4.12. The third-order valence-electron chi connectivity index (χ3n) is 5.15. The number of H-pyrrole nitrogens is 1. The number of aromatic amines is 1. The fraction of sp³-hybridized carbons (Fsp3) is 0.0800. The molecule has 0 saturated carbocycles. The number of aromatic nitrogens is 3. The van der Waals surface area contributed by atoms with E-state index in [1.54, 1.807) is 12.1 Å². The van der Waals surface area contributed by atoms with Gasteiger partial charge in [-0.05, 0) is 23.8 Å². The Hall–Kier alpha value is -3.91. The summed E-state index contributed by atoms with van der Waals surface area (Å²) in [6.45, 7) is 0.148. The molecule has 0 spiro atoms. The minimum Gasteiger partial charge on any atom is -0.460 e. The summed E-state index contributed by atoms with van der Waals surface area (Å²) in [5, 5.41) is 0.984. The van der Waals surface area contributed by atoms with E-state index in [2.05, 4.69) is 9.97 Å². The quantitative estimate of drug-likeness (QED) is 0.223. The van der Waals surface area contributed by atoms with Gasteiger partial charge in [0.1, 0.15) is 23.5 Å². The summed E-state index contributed by atoms with van der Waals surface area (Å²) in [7, 11) is 0. The van der Waals surface area contributed by atoms with Gasteiger partial charge in [-0.1, -0.05) is 72.4 Å². The number of nitrogens with one attached hydrogen (secondary N) is 1. The van der Waals surface area contributed by atoms with Gasteiger partial charge in [-0.3, -0.25) is 14.2 Å². The van der Waals surface area contributed by atoms with Gasteiger partial charge in [0.25, 0.3) is 5.56 Å². The van der Waals surface area contributed by atoms with Gasteiger partial charge < -0.3 is 9.72 Å². The number of carbonyl (C=O) groups is 1. The van der Waals surface area contributed by atoms with Gasteiger partial charge in [0.05, 0.1) is 11.4 Å². The molecule has 3 aromatic carbocycles. The Morgan fingerprint density at radius 2 is 1.73 bits per heavy atom. The van der Waals surface area contributed by atoms with Gasteiger partial charge >= 0.3 is 5.97 Å². The summed E-state index contributed by atoms with van der Waals surface area (Å²) >= 11 is 1.03. The molecule has 33 heavy (non-hydrogen) atoms. The first-order valence-electron chi connectivity index (χ1n) is 10.2. The Labute approximate surface area is 192 Å². The van der Waals surface area contributed by atoms with Crippen LogP contribution in [0.5, 0.6) is 0 Å². The van der Waals surface area contributed by atoms with E-state index in [4.69, 9.17) is 4.74 Å². The number of fused-ring (bicyclic) bond motifs is 3. The number of halogens is 1. The maximum atomic E-state index is 14.6. The fourth-order valence-electron chi connectivity index (χ4n) is 3.59. The highest BCUT2D eigenvalue weighted by molar-refractivity contribution is 7.99. The fourth-order valence-corrected chi connectivity index (χ4v) is 4.38. The van der Waals surface area contributed by atoms with Crippen molar-refractivity contribution < 1.29 is 13.9 Å². The number of hydrogen-bond acceptors (Lipinski definition) is 5. The van der Waals surface area contributed by atoms with E-state index >= 15 is 0 Å². The molecule has 0 saturated heterocycles. The lowest BCUT2D eigenvalue weighted by Crippen LogP contribution is -2.23. The van der Waals surface area contributed by atoms with Crippen molar-refractivity contribution >= 4 is 39.7 Å². The maximum Gasteiger partial charge on any atom is 0.316 e. The van der Waals surface area contributed by atoms with Crippen molar-refractivity contribution in [2.45, 2.75) is 11.8 Å². The van der Waals surface area contributed by atoms with Crippen molar-refractivity contribution in [3.8, 4) is 5.69 Å². The molecule has 0 unspecified atom stereocenters. The maximum absolute atomic E-state index is 14.6. The molecular formula is C25H18FN3O3S. The predicted molar refractivity (Wildman–Crippen MR) is 126 cm³/mol. The normalized spacial score (nSPS) is 11.2. The lowest BCUT2D eigenvalue weighted by atomic mass is 10.2. The third-order valence-corrected chi connectivity index (χ3v) is 6.06. The smallest absolute Gasteiger partial charge is 0.316 e. The molecule has 0 bridgehead atoms. The first-order chi connectivity index (χ1) is 16.1. The lowest BCUT2D eigenvalue weighted by molar-refractivity contribution is -0.141. The number of carbonyl (C=O) groups excluding carboxylic acids is 1. The van der Waals surface area contributed by atoms with Crippen molar-refractivity contribution in [2.24, 2.45) is 0 Å². The van der Waals surface area contributed by atoms with Gasteiger partial charge in [-0.2, -0.15) is 0 Å². The van der Waals surface area contributed by atoms with Crippen molar-refractivity contribution in [3.05, 3.63) is 101 Å². The highest BCUT2D eigenvalue weighted by Gasteiger charge is 2.20. The van der Waals surface area contributed by atoms with Gasteiger partial charge in [-0.25, -0.2) is 9.37 Å². The summed E-state index contributed by atoms with van der Waals surface area (Å²) < 4.78 is 21.2. The summed E-state index contributed by atoms with van der Waals surface area (Å²) in [5.41, 5.74) is 2.00. The Balaban J connectivity index is 1.52. The predicted octanol–water partition coefficient (Wildman–Crippen LogP) is 4.84. The molecule has 0 atom stereocenters. The average molecular weight is 460 g/mol. The second-order valence-corrected chi connectivity index (χ2v) is 8.26. The number of nitrogens with zero attached hydrogens (tertiary/aromatic N) is 2. The lowest BCUT2D eigenvalue weighted by Gasteiger charge is -2.12. The number of benzene rings is 3. The van der Waals surface area contributed by atoms with Gasteiger partial charge in [0.2, 0.25) is 0 Å². The zero-order chi connectivity index (χ0) is 22.8. The molecule has 0 aliphatic carbocycles. The van der Waals surface area contributed by atoms with E-state index in [9.17, 15) is 14.0 Å². The first kappa shape index (κ1) is 21.0. The van der Waals surface area contributed by atoms with Crippen molar-refractivity contribution in [2.75, 3.05) is 5.75 Å². The Kier molecular flexibility index (Phi) is 5.66. The molecule has 0 fully saturated rings. The highest BCUT2D eigenvalue weighted by atomic mass is 32.2. The molecule has 5 aromatic rings. The zero-order valence-electron chi connectivity index (χ0n) is 17.3. The number of ether oxygens (including phenoxy) is 1. The summed E-state index contributed by atoms with van der Waals surface area (Å²) in [6, 6.07) is 22.7. The molecule has 0 aliphatic rings. The summed E-state index contributed by atoms with van der Waals surface area (Å²) in [6.07, 6.45) is 0. The second kappa shape index (κ2) is 8.91. The average Bonchev–Trinajstić information content (AvgIpc) is 3.22. The summed E-state index contributed by atoms with van der Waals surface area (Å²) in [5.74, 6) is -1.11. The minimum absolute atomic E-state index is 0.0655. The molecule has 0 amide bonds. The molecule has 8 heteroatoms. The van der Waals surface area contributed by atoms with Crippen LogP contribution >= 0.6 is 11.8 Å². The van der Waals surface area contributed by atoms with E-state index in [-0.39, 0.29) is 28.7 Å². The van der Waals surface area contributed by atoms with Crippen LogP contribution in [0.4, 0.5) is 4.39 Å². The van der Waals surface area contributed by atoms with E-state index in [0.717, 1.165) is 28.2 Å². The molecular weight excluding hydrogens is 441 g/mol. The van der Waals surface area contributed by atoms with Crippen LogP contribution in [0, 0.1) is 5.82 Å². The van der Waals surface area contributed by atoms with Crippen molar-refractivity contribution in [3.63, 3.8) is 0 Å². The molecule has 6 nitrogen and oxygen atoms in total. The monoisotopic (exact) mass is 459 g/mol. The van der Waals surface area contributed by atoms with Gasteiger partial charge in [0.15, 0.2) is 5.16 Å². The molecule has 164 valence electrons. The Morgan fingerprint density at radius 1 is 1.00 bits per heavy atom. The first-order valence-corrected chi connectivity index (χ1v) is 11.2. The second-order valence-electron chi connectivity index (χ2n) is 7.32. The number of thioether (sulfide) groups is 1. The van der Waals surface area contributed by atoms with Crippen LogP contribution in [0.2, 0.25) is 0 Å². The van der Waals surface area contributed by atoms with Crippen LogP contribution in [0.3, 0.4) is 0 Å². The summed E-state index contributed by atoms with van der Waals surface area (Å²) in [4.78, 5) is 33.5. The van der Waals surface area contributed by atoms with Crippen LogP contribution in [0.1, 0.15) is 5.56 Å². The van der Waals surface area contributed by atoms with E-state index in [1.807, 2.05) is 54.6 Å². The van der Waals surface area contributed by atoms with Crippen LogP contribution in [0.15, 0.2) is 88.8 Å². The van der Waals surface area contributed by atoms with Crippen LogP contribution < -0.4 is 5.56 Å². The van der Waals surface area contributed by atoms with Crippen LogP contribution in [-0.4, -0.2) is 26.3 Å². The topological polar surface area (TPSA) is 77.0 Å². The van der Waals surface area contributed by atoms with Crippen molar-refractivity contribution in [1.82, 2.24) is 14.5 Å². The zero-order valence-corrected chi connectivity index (χ0v) is 18.1. The van der Waals surface area contributed by atoms with Gasteiger partial charge in [0, 0.05) is 10.9 Å². The molecule has 2 aromatic heterocycles. The van der Waals surface area contributed by atoms with Crippen LogP contribution in [-0.2, 0) is 16.1 Å². The Morgan fingerprint density at radius 3 is 2.55 bits per heavy atom. The number of para-hydroxylation sites is 2. The van der Waals surface area contributed by atoms with E-state index in [1.165, 1.54) is 16.7 Å². The SMILES string of the molecule is O=C(CSc1nc2c([nH]c3ccccc32)c(=O)n1-c1ccccc1F)OCc1ccccc1. The van der Waals surface area contributed by atoms with E-state index < -0.39 is 17.3 Å². The largest absolute Gasteiger partial charge is 0.460 e. The molecule has 5 rings (SSSR count). The Bertz CT molecular complexity index is 1530. The molecule has 1 N–H and O–H groups in total. The number of esters is 1. The van der Waals surface area contributed by atoms with Crippen molar-refractivity contribution in [1.29, 1.82) is 0 Å². The molecule has 0 radical (unpaired) electrons. The number of rotatable bonds is 6. The molecule has 0 aliphatic heterocycles. The van der Waals surface area contributed by atoms with Crippen LogP contribution in [0.25, 0.3) is 27.6 Å².